The number of nitrogens with zero attached hydrogens (tertiary/aromatic N) is 3. The maximum Gasteiger partial charge on any atom is 0.338 e. The molecule has 3 rings (SSSR count). The second-order valence-electron chi connectivity index (χ2n) is 7.40. The largest absolute Gasteiger partial charge is 0.452 e. The summed E-state index contributed by atoms with van der Waals surface area (Å²) in [5.74, 6) is 0.122. The van der Waals surface area contributed by atoms with Crippen molar-refractivity contribution in [3.05, 3.63) is 53.9 Å². The third-order valence-corrected chi connectivity index (χ3v) is 5.35. The summed E-state index contributed by atoms with van der Waals surface area (Å²) < 4.78 is 7.03. The maximum absolute atomic E-state index is 12.3. The third-order valence-electron chi connectivity index (χ3n) is 5.35. The van der Waals surface area contributed by atoms with Crippen LogP contribution in [0.5, 0.6) is 0 Å². The molecule has 1 heterocycles. The zero-order valence-electron chi connectivity index (χ0n) is 16.0. The number of hydrogen-bond acceptors (Lipinski definition) is 4. The molecule has 1 aliphatic carbocycles. The molecular weight excluding hydrogens is 342 g/mol. The molecule has 0 saturated heterocycles. The van der Waals surface area contributed by atoms with Gasteiger partial charge in [0.15, 0.2) is 6.61 Å². The smallest absolute Gasteiger partial charge is 0.338 e. The van der Waals surface area contributed by atoms with Crippen LogP contribution in [0.2, 0.25) is 0 Å². The van der Waals surface area contributed by atoms with Gasteiger partial charge in [-0.25, -0.2) is 4.79 Å². The molecule has 2 aromatic rings. The molecule has 0 bridgehead atoms. The highest BCUT2D eigenvalue weighted by molar-refractivity contribution is 5.91. The lowest BCUT2D eigenvalue weighted by Gasteiger charge is -2.33. The van der Waals surface area contributed by atoms with Crippen molar-refractivity contribution in [3.8, 4) is 0 Å². The Morgan fingerprint density at radius 2 is 1.89 bits per heavy atom. The number of rotatable bonds is 6. The van der Waals surface area contributed by atoms with Crippen LogP contribution in [0.1, 0.15) is 48.5 Å². The molecule has 0 unspecified atom stereocenters. The molecule has 6 heteroatoms. The SMILES string of the molecule is CC1CCC(N(C)C(=O)COC(=O)c2ccc(Cn3cccn3)cc2)CC1. The van der Waals surface area contributed by atoms with Crippen LogP contribution in [0.15, 0.2) is 42.7 Å². The molecule has 0 aliphatic heterocycles. The molecule has 1 amide bonds. The van der Waals surface area contributed by atoms with E-state index >= 15 is 0 Å². The molecule has 0 N–H and O–H groups in total. The lowest BCUT2D eigenvalue weighted by Crippen LogP contribution is -2.41. The predicted molar refractivity (Wildman–Crippen MR) is 102 cm³/mol. The number of likely N-dealkylation sites (N-methyl/N-ethyl adjacent to an activating group) is 1. The van der Waals surface area contributed by atoms with Gasteiger partial charge in [-0.15, -0.1) is 0 Å². The molecule has 0 radical (unpaired) electrons. The Bertz CT molecular complexity index is 747. The van der Waals surface area contributed by atoms with E-state index in [1.807, 2.05) is 29.1 Å². The molecule has 1 fully saturated rings. The van der Waals surface area contributed by atoms with Crippen LogP contribution >= 0.6 is 0 Å². The molecule has 27 heavy (non-hydrogen) atoms. The van der Waals surface area contributed by atoms with Crippen LogP contribution in [0.4, 0.5) is 0 Å². The summed E-state index contributed by atoms with van der Waals surface area (Å²) in [7, 11) is 1.81. The minimum atomic E-state index is -0.473. The maximum atomic E-state index is 12.3. The van der Waals surface area contributed by atoms with Gasteiger partial charge in [0.05, 0.1) is 12.1 Å². The van der Waals surface area contributed by atoms with Crippen LogP contribution < -0.4 is 0 Å². The molecule has 0 spiro atoms. The second-order valence-corrected chi connectivity index (χ2v) is 7.40. The summed E-state index contributed by atoms with van der Waals surface area (Å²) in [4.78, 5) is 26.3. The van der Waals surface area contributed by atoms with Crippen molar-refractivity contribution < 1.29 is 14.3 Å². The number of amides is 1. The van der Waals surface area contributed by atoms with Crippen LogP contribution in [0.25, 0.3) is 0 Å². The Morgan fingerprint density at radius 1 is 1.19 bits per heavy atom. The Morgan fingerprint density at radius 3 is 2.52 bits per heavy atom. The van der Waals surface area contributed by atoms with Crippen molar-refractivity contribution in [1.29, 1.82) is 0 Å². The average molecular weight is 369 g/mol. The van der Waals surface area contributed by atoms with Gasteiger partial charge in [0.25, 0.3) is 5.91 Å². The van der Waals surface area contributed by atoms with E-state index in [-0.39, 0.29) is 18.6 Å². The zero-order chi connectivity index (χ0) is 19.2. The van der Waals surface area contributed by atoms with E-state index in [1.165, 1.54) is 0 Å². The monoisotopic (exact) mass is 369 g/mol. The van der Waals surface area contributed by atoms with Gasteiger partial charge in [0.2, 0.25) is 0 Å². The van der Waals surface area contributed by atoms with Crippen molar-refractivity contribution in [2.24, 2.45) is 5.92 Å². The second kappa shape index (κ2) is 8.84. The van der Waals surface area contributed by atoms with Crippen LogP contribution in [-0.2, 0) is 16.1 Å². The van der Waals surface area contributed by atoms with Gasteiger partial charge in [-0.05, 0) is 55.4 Å². The van der Waals surface area contributed by atoms with Crippen LogP contribution in [0.3, 0.4) is 0 Å². The molecular formula is C21H27N3O3. The number of carbonyl (C=O) groups excluding carboxylic acids is 2. The molecule has 1 aromatic carbocycles. The lowest BCUT2D eigenvalue weighted by atomic mass is 9.87. The molecule has 144 valence electrons. The average Bonchev–Trinajstić information content (AvgIpc) is 3.19. The standard InChI is InChI=1S/C21H27N3O3/c1-16-4-10-19(11-5-16)23(2)20(25)15-27-21(26)18-8-6-17(7-9-18)14-24-13-3-12-22-24/h3,6-9,12-13,16,19H,4-5,10-11,14-15H2,1-2H3. The van der Waals surface area contributed by atoms with E-state index in [9.17, 15) is 9.59 Å². The minimum absolute atomic E-state index is 0.141. The third kappa shape index (κ3) is 5.18. The predicted octanol–water partition coefficient (Wildman–Crippen LogP) is 3.13. The van der Waals surface area contributed by atoms with E-state index < -0.39 is 5.97 Å². The van der Waals surface area contributed by atoms with E-state index in [0.29, 0.717) is 12.1 Å². The highest BCUT2D eigenvalue weighted by Crippen LogP contribution is 2.26. The first-order chi connectivity index (χ1) is 13.0. The Labute approximate surface area is 160 Å². The number of aromatic nitrogens is 2. The van der Waals surface area contributed by atoms with Gasteiger partial charge >= 0.3 is 5.97 Å². The Hall–Kier alpha value is -2.63. The van der Waals surface area contributed by atoms with Gasteiger partial charge < -0.3 is 9.64 Å². The van der Waals surface area contributed by atoms with E-state index in [1.54, 1.807) is 30.3 Å². The fraction of sp³-hybridized carbons (Fsp3) is 0.476. The summed E-state index contributed by atoms with van der Waals surface area (Å²) in [6, 6.07) is 9.31. The molecule has 1 aliphatic rings. The van der Waals surface area contributed by atoms with Crippen molar-refractivity contribution in [1.82, 2.24) is 14.7 Å². The van der Waals surface area contributed by atoms with Gasteiger partial charge in [-0.3, -0.25) is 9.48 Å². The minimum Gasteiger partial charge on any atom is -0.452 e. The van der Waals surface area contributed by atoms with Crippen LogP contribution in [-0.4, -0.2) is 46.3 Å². The van der Waals surface area contributed by atoms with Crippen LogP contribution in [0, 0.1) is 5.92 Å². The summed E-state index contributed by atoms with van der Waals surface area (Å²) in [5, 5.41) is 4.16. The molecule has 6 nitrogen and oxygen atoms in total. The van der Waals surface area contributed by atoms with Crippen molar-refractivity contribution in [3.63, 3.8) is 0 Å². The first-order valence-electron chi connectivity index (χ1n) is 9.52. The van der Waals surface area contributed by atoms with Crippen molar-refractivity contribution >= 4 is 11.9 Å². The van der Waals surface area contributed by atoms with E-state index in [0.717, 1.165) is 37.2 Å². The summed E-state index contributed by atoms with van der Waals surface area (Å²) in [6.07, 6.45) is 7.95. The summed E-state index contributed by atoms with van der Waals surface area (Å²) >= 11 is 0. The quantitative estimate of drug-likeness (QED) is 0.734. The number of esters is 1. The van der Waals surface area contributed by atoms with Gasteiger partial charge in [0.1, 0.15) is 0 Å². The van der Waals surface area contributed by atoms with E-state index in [2.05, 4.69) is 12.0 Å². The fourth-order valence-corrected chi connectivity index (χ4v) is 3.47. The fourth-order valence-electron chi connectivity index (χ4n) is 3.47. The summed E-state index contributed by atoms with van der Waals surface area (Å²) in [5.41, 5.74) is 1.48. The number of hydrogen-bond donors (Lipinski definition) is 0. The zero-order valence-corrected chi connectivity index (χ0v) is 16.0. The molecule has 1 saturated carbocycles. The highest BCUT2D eigenvalue weighted by Gasteiger charge is 2.25. The van der Waals surface area contributed by atoms with Gasteiger partial charge in [-0.1, -0.05) is 19.1 Å². The summed E-state index contributed by atoms with van der Waals surface area (Å²) in [6.45, 7) is 2.68. The Balaban J connectivity index is 1.47. The van der Waals surface area contributed by atoms with Crippen molar-refractivity contribution in [2.45, 2.75) is 45.2 Å². The first kappa shape index (κ1) is 19.1. The number of carbonyl (C=O) groups is 2. The molecule has 0 atom stereocenters. The number of benzene rings is 1. The normalized spacial score (nSPS) is 19.5. The molecule has 1 aromatic heterocycles. The van der Waals surface area contributed by atoms with E-state index in [4.69, 9.17) is 4.74 Å². The number of ether oxygens (including phenoxy) is 1. The highest BCUT2D eigenvalue weighted by atomic mass is 16.5. The first-order valence-corrected chi connectivity index (χ1v) is 9.52. The lowest BCUT2D eigenvalue weighted by molar-refractivity contribution is -0.136. The van der Waals surface area contributed by atoms with Gasteiger partial charge in [-0.2, -0.15) is 5.10 Å². The Kier molecular flexibility index (Phi) is 6.27. The van der Waals surface area contributed by atoms with Crippen molar-refractivity contribution in [2.75, 3.05) is 13.7 Å². The topological polar surface area (TPSA) is 64.4 Å². The van der Waals surface area contributed by atoms with Gasteiger partial charge in [0, 0.05) is 25.5 Å².